The predicted octanol–water partition coefficient (Wildman–Crippen LogP) is 0.877. The number of halogens is 3. The molecular weight excluding hydrogens is 131 g/mol. The zero-order chi connectivity index (χ0) is 3.58. The largest absolute Gasteiger partial charge is 0.762 e. The summed E-state index contributed by atoms with van der Waals surface area (Å²) in [5.74, 6) is 0. The standard InChI is InChI=1S/BF3.Cu/c2-1(3)4;. The summed E-state index contributed by atoms with van der Waals surface area (Å²) in [5, 5.41) is 0. The van der Waals surface area contributed by atoms with Crippen LogP contribution in [0.1, 0.15) is 0 Å². The van der Waals surface area contributed by atoms with Crippen molar-refractivity contribution in [1.29, 1.82) is 0 Å². The molecule has 0 rings (SSSR count). The molecule has 0 saturated heterocycles. The van der Waals surface area contributed by atoms with Gasteiger partial charge in [-0.25, -0.2) is 0 Å². The molecule has 5 heavy (non-hydrogen) atoms. The maximum atomic E-state index is 9.67. The van der Waals surface area contributed by atoms with Crippen molar-refractivity contribution in [2.75, 3.05) is 0 Å². The van der Waals surface area contributed by atoms with Gasteiger partial charge in [0.05, 0.1) is 0 Å². The average Bonchev–Trinajstić information content (AvgIpc) is 0.811. The topological polar surface area (TPSA) is 0 Å². The van der Waals surface area contributed by atoms with Crippen molar-refractivity contribution in [1.82, 2.24) is 0 Å². The molecule has 35 valence electrons. The van der Waals surface area contributed by atoms with Crippen LogP contribution in [0, 0.1) is 0 Å². The first-order valence-electron chi connectivity index (χ1n) is 0.655. The molecule has 1 radical (unpaired) electrons. The van der Waals surface area contributed by atoms with Gasteiger partial charge in [-0.3, -0.25) is 12.9 Å². The number of hydrogen-bond donors (Lipinski definition) is 0. The molecule has 0 bridgehead atoms. The van der Waals surface area contributed by atoms with Crippen molar-refractivity contribution in [3.8, 4) is 0 Å². The van der Waals surface area contributed by atoms with Crippen LogP contribution in [0.2, 0.25) is 0 Å². The quantitative estimate of drug-likeness (QED) is 0.428. The number of hydrogen-bond acceptors (Lipinski definition) is 0. The Morgan fingerprint density at radius 2 is 1.00 bits per heavy atom. The molecule has 0 aliphatic rings. The van der Waals surface area contributed by atoms with Gasteiger partial charge in [-0.05, 0) is 0 Å². The maximum absolute atomic E-state index is 9.67. The smallest absolute Gasteiger partial charge is 0.254 e. The van der Waals surface area contributed by atoms with Gasteiger partial charge < -0.3 is 0 Å². The van der Waals surface area contributed by atoms with Crippen molar-refractivity contribution in [2.45, 2.75) is 0 Å². The SMILES string of the molecule is FB(F)F.[Cu]. The van der Waals surface area contributed by atoms with Gasteiger partial charge in [0, 0.05) is 17.1 Å². The van der Waals surface area contributed by atoms with Crippen LogP contribution >= 0.6 is 0 Å². The first-order valence-corrected chi connectivity index (χ1v) is 0.655. The molecule has 0 amide bonds. The summed E-state index contributed by atoms with van der Waals surface area (Å²) < 4.78 is 29.0. The Balaban J connectivity index is 0. The molecule has 0 aliphatic carbocycles. The second kappa shape index (κ2) is 4.37. The van der Waals surface area contributed by atoms with Crippen molar-refractivity contribution in [3.05, 3.63) is 0 Å². The summed E-state index contributed by atoms with van der Waals surface area (Å²) in [4.78, 5) is 0. The van der Waals surface area contributed by atoms with E-state index in [1.807, 2.05) is 0 Å². The molecule has 0 aromatic rings. The molecule has 0 fully saturated rings. The molecule has 0 N–H and O–H groups in total. The van der Waals surface area contributed by atoms with Crippen molar-refractivity contribution >= 4 is 7.54 Å². The van der Waals surface area contributed by atoms with Crippen LogP contribution in [-0.2, 0) is 17.1 Å². The van der Waals surface area contributed by atoms with Gasteiger partial charge in [0.15, 0.2) is 0 Å². The minimum Gasteiger partial charge on any atom is -0.254 e. The van der Waals surface area contributed by atoms with Gasteiger partial charge >= 0.3 is 7.54 Å². The summed E-state index contributed by atoms with van der Waals surface area (Å²) in [7, 11) is -3.67. The normalized spacial score (nSPS) is 5.40. The molecule has 0 nitrogen and oxygen atoms in total. The average molecular weight is 131 g/mol. The third-order valence-electron chi connectivity index (χ3n) is 0. The molecule has 0 saturated carbocycles. The molecule has 5 heteroatoms. The van der Waals surface area contributed by atoms with E-state index in [-0.39, 0.29) is 17.1 Å². The third kappa shape index (κ3) is 176. The summed E-state index contributed by atoms with van der Waals surface area (Å²) in [6.07, 6.45) is 0. The summed E-state index contributed by atoms with van der Waals surface area (Å²) in [6, 6.07) is 0. The van der Waals surface area contributed by atoms with Gasteiger partial charge in [-0.2, -0.15) is 0 Å². The zero-order valence-electron chi connectivity index (χ0n) is 2.01. The minimum atomic E-state index is -3.67. The van der Waals surface area contributed by atoms with Gasteiger partial charge in [-0.1, -0.05) is 0 Å². The van der Waals surface area contributed by atoms with Crippen LogP contribution in [0.4, 0.5) is 12.9 Å². The van der Waals surface area contributed by atoms with Crippen LogP contribution in [0.3, 0.4) is 0 Å². The maximum Gasteiger partial charge on any atom is 0.762 e. The Morgan fingerprint density at radius 3 is 1.00 bits per heavy atom. The first-order chi connectivity index (χ1) is 1.73. The molecule has 0 heterocycles. The molecule has 0 spiro atoms. The van der Waals surface area contributed by atoms with Crippen LogP contribution in [0.5, 0.6) is 0 Å². The van der Waals surface area contributed by atoms with E-state index in [1.165, 1.54) is 0 Å². The molecule has 0 unspecified atom stereocenters. The Hall–Kier alpha value is 0.374. The van der Waals surface area contributed by atoms with Gasteiger partial charge in [-0.15, -0.1) is 0 Å². The Morgan fingerprint density at radius 1 is 1.00 bits per heavy atom. The second-order valence-corrected chi connectivity index (χ2v) is 0.247. The fourth-order valence-electron chi connectivity index (χ4n) is 0. The molecular formula is BCuF3. The Labute approximate surface area is 38.4 Å². The summed E-state index contributed by atoms with van der Waals surface area (Å²) >= 11 is 0. The first kappa shape index (κ1) is 9.03. The van der Waals surface area contributed by atoms with Crippen LogP contribution in [-0.4, -0.2) is 7.54 Å². The Bertz CT molecular complexity index is 11.6. The van der Waals surface area contributed by atoms with E-state index in [0.29, 0.717) is 0 Å². The van der Waals surface area contributed by atoms with E-state index in [4.69, 9.17) is 0 Å². The van der Waals surface area contributed by atoms with Crippen molar-refractivity contribution in [2.24, 2.45) is 0 Å². The fourth-order valence-corrected chi connectivity index (χ4v) is 0. The monoisotopic (exact) mass is 131 g/mol. The van der Waals surface area contributed by atoms with E-state index in [9.17, 15) is 12.9 Å². The van der Waals surface area contributed by atoms with Crippen LogP contribution < -0.4 is 0 Å². The van der Waals surface area contributed by atoms with E-state index >= 15 is 0 Å². The summed E-state index contributed by atoms with van der Waals surface area (Å²) in [5.41, 5.74) is 0. The molecule has 0 atom stereocenters. The van der Waals surface area contributed by atoms with Gasteiger partial charge in [0.25, 0.3) is 0 Å². The molecule has 0 aromatic carbocycles. The van der Waals surface area contributed by atoms with Crippen molar-refractivity contribution < 1.29 is 30.0 Å². The van der Waals surface area contributed by atoms with Gasteiger partial charge in [0.2, 0.25) is 0 Å². The van der Waals surface area contributed by atoms with Gasteiger partial charge in [0.1, 0.15) is 0 Å². The molecule has 0 aromatic heterocycles. The van der Waals surface area contributed by atoms with Crippen LogP contribution in [0.15, 0.2) is 0 Å². The van der Waals surface area contributed by atoms with E-state index in [2.05, 4.69) is 0 Å². The fraction of sp³-hybridized carbons (Fsp3) is 0. The van der Waals surface area contributed by atoms with E-state index < -0.39 is 7.54 Å². The summed E-state index contributed by atoms with van der Waals surface area (Å²) in [6.45, 7) is 0. The third-order valence-corrected chi connectivity index (χ3v) is 0. The molecule has 0 aliphatic heterocycles. The van der Waals surface area contributed by atoms with E-state index in [0.717, 1.165) is 0 Å². The number of rotatable bonds is 0. The predicted molar refractivity (Wildman–Crippen MR) is 9.08 cm³/mol. The van der Waals surface area contributed by atoms with Crippen molar-refractivity contribution in [3.63, 3.8) is 0 Å². The van der Waals surface area contributed by atoms with E-state index in [1.54, 1.807) is 0 Å². The Kier molecular flexibility index (Phi) is 7.90. The zero-order valence-corrected chi connectivity index (χ0v) is 2.95. The van der Waals surface area contributed by atoms with Crippen LogP contribution in [0.25, 0.3) is 0 Å². The second-order valence-electron chi connectivity index (χ2n) is 0.247. The minimum absolute atomic E-state index is 0.